The highest BCUT2D eigenvalue weighted by atomic mass is 16.6. The van der Waals surface area contributed by atoms with Crippen LogP contribution in [0.5, 0.6) is 11.5 Å². The molecule has 2 aliphatic heterocycles. The highest BCUT2D eigenvalue weighted by Gasteiger charge is 2.31. The number of hydrogen-bond donors (Lipinski definition) is 0. The summed E-state index contributed by atoms with van der Waals surface area (Å²) in [7, 11) is 0. The van der Waals surface area contributed by atoms with Gasteiger partial charge in [-0.3, -0.25) is 9.69 Å². The number of carbonyl (C=O) groups excluding carboxylic acids is 1. The fourth-order valence-electron chi connectivity index (χ4n) is 4.44. The smallest absolute Gasteiger partial charge is 0.254 e. The van der Waals surface area contributed by atoms with Crippen LogP contribution in [-0.4, -0.2) is 48.1 Å². The van der Waals surface area contributed by atoms with E-state index in [1.165, 1.54) is 5.56 Å². The summed E-state index contributed by atoms with van der Waals surface area (Å²) in [5.74, 6) is 1.68. The Kier molecular flexibility index (Phi) is 6.28. The van der Waals surface area contributed by atoms with Crippen LogP contribution in [0.4, 0.5) is 0 Å². The topological polar surface area (TPSA) is 42.0 Å². The Morgan fingerprint density at radius 1 is 1.10 bits per heavy atom. The van der Waals surface area contributed by atoms with Gasteiger partial charge in [-0.1, -0.05) is 25.1 Å². The normalized spacial score (nSPS) is 18.3. The van der Waals surface area contributed by atoms with Crippen molar-refractivity contribution in [3.63, 3.8) is 0 Å². The molecule has 0 spiro atoms. The number of fused-ring (bicyclic) bond motifs is 1. The van der Waals surface area contributed by atoms with Crippen molar-refractivity contribution in [2.45, 2.75) is 52.2 Å². The number of rotatable bonds is 6. The van der Waals surface area contributed by atoms with Crippen molar-refractivity contribution in [1.82, 2.24) is 9.80 Å². The van der Waals surface area contributed by atoms with Gasteiger partial charge in [-0.25, -0.2) is 0 Å². The van der Waals surface area contributed by atoms with Crippen LogP contribution in [0.1, 0.15) is 61.1 Å². The maximum absolute atomic E-state index is 13.3. The molecule has 2 aromatic carbocycles. The summed E-state index contributed by atoms with van der Waals surface area (Å²) in [6, 6.07) is 14.8. The van der Waals surface area contributed by atoms with E-state index in [0.29, 0.717) is 19.3 Å². The van der Waals surface area contributed by atoms with E-state index in [-0.39, 0.29) is 11.9 Å². The molecule has 0 aliphatic carbocycles. The molecule has 0 N–H and O–H groups in total. The van der Waals surface area contributed by atoms with Crippen LogP contribution in [0, 0.1) is 0 Å². The highest BCUT2D eigenvalue weighted by molar-refractivity contribution is 5.94. The number of amides is 1. The molecule has 30 heavy (non-hydrogen) atoms. The minimum absolute atomic E-state index is 0.0875. The van der Waals surface area contributed by atoms with Crippen LogP contribution < -0.4 is 9.47 Å². The summed E-state index contributed by atoms with van der Waals surface area (Å²) in [6.45, 7) is 10.5. The Morgan fingerprint density at radius 2 is 1.83 bits per heavy atom. The zero-order valence-electron chi connectivity index (χ0n) is 18.3. The molecule has 0 saturated carbocycles. The van der Waals surface area contributed by atoms with Gasteiger partial charge in [-0.2, -0.15) is 0 Å². The molecule has 2 aliphatic rings. The first-order chi connectivity index (χ1) is 14.6. The first kappa shape index (κ1) is 20.7. The Bertz CT molecular complexity index is 878. The molecule has 1 unspecified atom stereocenters. The second-order valence-corrected chi connectivity index (χ2v) is 8.41. The largest absolute Gasteiger partial charge is 0.486 e. The second kappa shape index (κ2) is 9.09. The van der Waals surface area contributed by atoms with Crippen molar-refractivity contribution >= 4 is 5.91 Å². The summed E-state index contributed by atoms with van der Waals surface area (Å²) in [5.41, 5.74) is 3.12. The highest BCUT2D eigenvalue weighted by Crippen LogP contribution is 2.38. The lowest BCUT2D eigenvalue weighted by Crippen LogP contribution is -2.31. The van der Waals surface area contributed by atoms with Gasteiger partial charge < -0.3 is 14.4 Å². The number of carbonyl (C=O) groups is 1. The van der Waals surface area contributed by atoms with Gasteiger partial charge in [0.1, 0.15) is 13.2 Å². The molecule has 1 amide bonds. The molecule has 2 aromatic rings. The van der Waals surface area contributed by atoms with Crippen molar-refractivity contribution < 1.29 is 14.3 Å². The summed E-state index contributed by atoms with van der Waals surface area (Å²) < 4.78 is 11.4. The fraction of sp³-hybridized carbons (Fsp3) is 0.480. The summed E-state index contributed by atoms with van der Waals surface area (Å²) in [6.07, 6.45) is 1.99. The molecule has 1 saturated heterocycles. The van der Waals surface area contributed by atoms with Crippen LogP contribution in [0.3, 0.4) is 0 Å². The molecule has 5 heteroatoms. The monoisotopic (exact) mass is 408 g/mol. The first-order valence-electron chi connectivity index (χ1n) is 11.1. The van der Waals surface area contributed by atoms with E-state index >= 15 is 0 Å². The predicted molar refractivity (Wildman–Crippen MR) is 118 cm³/mol. The van der Waals surface area contributed by atoms with Gasteiger partial charge >= 0.3 is 0 Å². The van der Waals surface area contributed by atoms with E-state index in [1.54, 1.807) is 0 Å². The number of hydrogen-bond acceptors (Lipinski definition) is 4. The predicted octanol–water partition coefficient (Wildman–Crippen LogP) is 4.67. The lowest BCUT2D eigenvalue weighted by atomic mass is 10.0. The van der Waals surface area contributed by atoms with E-state index in [4.69, 9.17) is 9.47 Å². The lowest BCUT2D eigenvalue weighted by molar-refractivity contribution is 0.0735. The van der Waals surface area contributed by atoms with Crippen LogP contribution in [0.2, 0.25) is 0 Å². The van der Waals surface area contributed by atoms with E-state index in [9.17, 15) is 4.79 Å². The van der Waals surface area contributed by atoms with Crippen molar-refractivity contribution in [3.8, 4) is 11.5 Å². The minimum atomic E-state index is 0.0875. The number of ether oxygens (including phenoxy) is 2. The number of benzene rings is 2. The summed E-state index contributed by atoms with van der Waals surface area (Å²) >= 11 is 0. The van der Waals surface area contributed by atoms with E-state index in [1.807, 2.05) is 29.2 Å². The van der Waals surface area contributed by atoms with Gasteiger partial charge in [0.25, 0.3) is 5.91 Å². The Hall–Kier alpha value is -2.53. The third-order valence-electron chi connectivity index (χ3n) is 6.19. The van der Waals surface area contributed by atoms with E-state index in [0.717, 1.165) is 55.1 Å². The van der Waals surface area contributed by atoms with Gasteiger partial charge in [0.15, 0.2) is 11.5 Å². The molecule has 0 radical (unpaired) electrons. The Balaban J connectivity index is 1.48. The molecule has 0 bridgehead atoms. The molecule has 160 valence electrons. The van der Waals surface area contributed by atoms with Gasteiger partial charge in [-0.15, -0.1) is 0 Å². The molecule has 5 nitrogen and oxygen atoms in total. The van der Waals surface area contributed by atoms with Crippen molar-refractivity contribution in [3.05, 3.63) is 59.2 Å². The first-order valence-corrected chi connectivity index (χ1v) is 11.1. The molecule has 1 atom stereocenters. The quantitative estimate of drug-likeness (QED) is 0.697. The molecule has 0 aromatic heterocycles. The summed E-state index contributed by atoms with van der Waals surface area (Å²) in [5, 5.41) is 0. The number of nitrogens with zero attached hydrogens (tertiary/aromatic N) is 2. The average Bonchev–Trinajstić information content (AvgIpc) is 3.26. The molecule has 1 fully saturated rings. The molecular formula is C25H32N2O3. The minimum Gasteiger partial charge on any atom is -0.486 e. The lowest BCUT2D eigenvalue weighted by Gasteiger charge is -2.27. The van der Waals surface area contributed by atoms with Gasteiger partial charge in [0, 0.05) is 24.7 Å². The Morgan fingerprint density at radius 3 is 2.53 bits per heavy atom. The summed E-state index contributed by atoms with van der Waals surface area (Å²) in [4.78, 5) is 17.7. The van der Waals surface area contributed by atoms with Crippen LogP contribution >= 0.6 is 0 Å². The van der Waals surface area contributed by atoms with Crippen molar-refractivity contribution in [1.29, 1.82) is 0 Å². The molecule has 2 heterocycles. The van der Waals surface area contributed by atoms with Gasteiger partial charge in [0.05, 0.1) is 6.04 Å². The second-order valence-electron chi connectivity index (χ2n) is 8.41. The third-order valence-corrected chi connectivity index (χ3v) is 6.19. The zero-order valence-corrected chi connectivity index (χ0v) is 18.3. The standard InChI is InChI=1S/C25H32N2O3/c1-4-26(18(2)3)17-19-7-9-20(10-8-19)25(28)27-13-5-6-22(27)21-11-12-23-24(16-21)30-15-14-29-23/h7-12,16,18,22H,4-6,13-15,17H2,1-3H3. The van der Waals surface area contributed by atoms with Gasteiger partial charge in [-0.05, 0) is 68.6 Å². The Labute approximate surface area is 179 Å². The zero-order chi connectivity index (χ0) is 21.1. The van der Waals surface area contributed by atoms with Crippen LogP contribution in [-0.2, 0) is 6.54 Å². The number of likely N-dealkylation sites (tertiary alicyclic amines) is 1. The van der Waals surface area contributed by atoms with Gasteiger partial charge in [0.2, 0.25) is 0 Å². The van der Waals surface area contributed by atoms with Crippen molar-refractivity contribution in [2.75, 3.05) is 26.3 Å². The van der Waals surface area contributed by atoms with E-state index in [2.05, 4.69) is 43.9 Å². The average molecular weight is 409 g/mol. The van der Waals surface area contributed by atoms with E-state index < -0.39 is 0 Å². The SMILES string of the molecule is CCN(Cc1ccc(C(=O)N2CCCC2c2ccc3c(c2)OCCO3)cc1)C(C)C. The van der Waals surface area contributed by atoms with Crippen LogP contribution in [0.15, 0.2) is 42.5 Å². The van der Waals surface area contributed by atoms with Crippen LogP contribution in [0.25, 0.3) is 0 Å². The maximum atomic E-state index is 13.3. The maximum Gasteiger partial charge on any atom is 0.254 e. The van der Waals surface area contributed by atoms with Crippen molar-refractivity contribution in [2.24, 2.45) is 0 Å². The molecular weight excluding hydrogens is 376 g/mol. The molecule has 4 rings (SSSR count). The third kappa shape index (κ3) is 4.31. The fourth-order valence-corrected chi connectivity index (χ4v) is 4.44.